The average Bonchev–Trinajstić information content (AvgIpc) is 3.04. The fourth-order valence-electron chi connectivity index (χ4n) is 3.46. The van der Waals surface area contributed by atoms with E-state index < -0.39 is 5.60 Å². The van der Waals surface area contributed by atoms with Crippen molar-refractivity contribution in [2.45, 2.75) is 59.4 Å². The number of alkyl carbamates (subject to hydrolysis) is 1. The van der Waals surface area contributed by atoms with E-state index in [1.54, 1.807) is 0 Å². The van der Waals surface area contributed by atoms with E-state index in [-0.39, 0.29) is 12.3 Å². The number of nitrogens with zero attached hydrogens (tertiary/aromatic N) is 1. The number of benzene rings is 2. The first-order valence-corrected chi connectivity index (χ1v) is 9.93. The molecular weight excluding hydrogens is 350 g/mol. The van der Waals surface area contributed by atoms with Crippen molar-refractivity contribution >= 4 is 11.8 Å². The number of carbonyl (C=O) groups excluding carboxylic acids is 1. The number of anilines is 1. The minimum atomic E-state index is -0.519. The van der Waals surface area contributed by atoms with Gasteiger partial charge in [0.1, 0.15) is 11.8 Å². The van der Waals surface area contributed by atoms with E-state index in [0.717, 1.165) is 12.1 Å². The molecule has 5 heteroatoms. The van der Waals surface area contributed by atoms with Gasteiger partial charge in [0.05, 0.1) is 5.69 Å². The Kier molecular flexibility index (Phi) is 5.94. The molecule has 28 heavy (non-hydrogen) atoms. The van der Waals surface area contributed by atoms with Crippen LogP contribution in [-0.4, -0.2) is 22.9 Å². The molecule has 0 saturated heterocycles. The minimum absolute atomic E-state index is 0.161. The lowest BCUT2D eigenvalue weighted by Gasteiger charge is -2.31. The van der Waals surface area contributed by atoms with Crippen molar-refractivity contribution in [1.82, 2.24) is 10.3 Å². The van der Waals surface area contributed by atoms with E-state index in [4.69, 9.17) is 4.74 Å². The maximum Gasteiger partial charge on any atom is 0.408 e. The van der Waals surface area contributed by atoms with Crippen LogP contribution in [0.5, 0.6) is 0 Å². The third-order valence-corrected chi connectivity index (χ3v) is 4.61. The van der Waals surface area contributed by atoms with Gasteiger partial charge in [0.25, 0.3) is 0 Å². The zero-order valence-electron chi connectivity index (χ0n) is 17.5. The Labute approximate surface area is 168 Å². The van der Waals surface area contributed by atoms with Crippen LogP contribution in [-0.2, 0) is 11.3 Å². The third-order valence-electron chi connectivity index (χ3n) is 4.61. The largest absolute Gasteiger partial charge is 0.444 e. The lowest BCUT2D eigenvalue weighted by Crippen LogP contribution is -2.50. The molecule has 0 radical (unpaired) electrons. The van der Waals surface area contributed by atoms with E-state index in [9.17, 15) is 4.79 Å². The molecule has 2 aromatic carbocycles. The molecular formula is C23H31N3O2. The van der Waals surface area contributed by atoms with Gasteiger partial charge in [-0.2, -0.15) is 5.01 Å². The molecule has 1 heterocycles. The van der Waals surface area contributed by atoms with Crippen LogP contribution >= 0.6 is 0 Å². The van der Waals surface area contributed by atoms with E-state index >= 15 is 0 Å². The van der Waals surface area contributed by atoms with Gasteiger partial charge in [0.15, 0.2) is 0 Å². The normalized spacial score (nSPS) is 15.1. The number of hydrogen-bond donors (Lipinski definition) is 2. The Hall–Kier alpha value is -2.53. The molecule has 0 spiro atoms. The number of fused-ring (bicyclic) bond motifs is 1. The molecule has 3 rings (SSSR count). The van der Waals surface area contributed by atoms with Crippen LogP contribution < -0.4 is 10.7 Å². The Morgan fingerprint density at radius 2 is 1.86 bits per heavy atom. The molecule has 0 bridgehead atoms. The van der Waals surface area contributed by atoms with Crippen molar-refractivity contribution in [3.63, 3.8) is 0 Å². The third kappa shape index (κ3) is 5.04. The number of amides is 1. The van der Waals surface area contributed by atoms with Gasteiger partial charge in [0, 0.05) is 12.1 Å². The fraction of sp³-hybridized carbons (Fsp3) is 0.435. The molecule has 1 aliphatic heterocycles. The van der Waals surface area contributed by atoms with Crippen LogP contribution in [0.25, 0.3) is 11.1 Å². The van der Waals surface area contributed by atoms with Gasteiger partial charge in [-0.1, -0.05) is 56.3 Å². The molecule has 5 nitrogen and oxygen atoms in total. The van der Waals surface area contributed by atoms with Crippen molar-refractivity contribution in [3.05, 3.63) is 54.1 Å². The van der Waals surface area contributed by atoms with Crippen LogP contribution in [0.2, 0.25) is 0 Å². The summed E-state index contributed by atoms with van der Waals surface area (Å²) < 4.78 is 5.48. The number of nitrogens with one attached hydrogen (secondary N) is 2. The number of hydrazine groups is 1. The van der Waals surface area contributed by atoms with E-state index in [2.05, 4.69) is 72.1 Å². The van der Waals surface area contributed by atoms with Gasteiger partial charge in [-0.3, -0.25) is 0 Å². The van der Waals surface area contributed by atoms with Crippen molar-refractivity contribution in [3.8, 4) is 11.1 Å². The van der Waals surface area contributed by atoms with Crippen LogP contribution in [0, 0.1) is 5.92 Å². The van der Waals surface area contributed by atoms with Crippen molar-refractivity contribution in [2.75, 3.05) is 5.43 Å². The van der Waals surface area contributed by atoms with E-state index in [1.807, 2.05) is 26.8 Å². The molecule has 2 N–H and O–H groups in total. The van der Waals surface area contributed by atoms with E-state index in [0.29, 0.717) is 12.5 Å². The number of carbonyl (C=O) groups is 1. The van der Waals surface area contributed by atoms with Crippen LogP contribution in [0.1, 0.15) is 46.6 Å². The minimum Gasteiger partial charge on any atom is -0.444 e. The summed E-state index contributed by atoms with van der Waals surface area (Å²) in [6, 6.07) is 16.7. The van der Waals surface area contributed by atoms with Crippen LogP contribution in [0.4, 0.5) is 10.5 Å². The van der Waals surface area contributed by atoms with E-state index in [1.165, 1.54) is 16.7 Å². The zero-order chi connectivity index (χ0) is 20.3. The standard InChI is InChI=1S/C23H31N3O2/c1-16(2)14-21(24-22(27)28-23(3,4)5)26-15-19-18(12-9-13-20(19)25-26)17-10-7-6-8-11-17/h6-13,16,21,25H,14-15H2,1-5H3,(H,24,27)/t21-/m1/s1. The molecule has 1 aliphatic rings. The second-order valence-corrected chi connectivity index (χ2v) is 8.73. The topological polar surface area (TPSA) is 53.6 Å². The molecule has 0 saturated carbocycles. The van der Waals surface area contributed by atoms with Gasteiger partial charge in [0.2, 0.25) is 0 Å². The molecule has 0 unspecified atom stereocenters. The molecule has 150 valence electrons. The Balaban J connectivity index is 1.80. The van der Waals surface area contributed by atoms with Gasteiger partial charge in [-0.15, -0.1) is 0 Å². The summed E-state index contributed by atoms with van der Waals surface area (Å²) in [4.78, 5) is 12.4. The molecule has 0 aliphatic carbocycles. The quantitative estimate of drug-likeness (QED) is 0.729. The summed E-state index contributed by atoms with van der Waals surface area (Å²) in [6.45, 7) is 10.7. The van der Waals surface area contributed by atoms with Crippen LogP contribution in [0.15, 0.2) is 48.5 Å². The lowest BCUT2D eigenvalue weighted by atomic mass is 9.99. The number of hydrogen-bond acceptors (Lipinski definition) is 4. The highest BCUT2D eigenvalue weighted by atomic mass is 16.6. The molecule has 0 aromatic heterocycles. The summed E-state index contributed by atoms with van der Waals surface area (Å²) in [5, 5.41) is 5.14. The molecule has 2 aromatic rings. The average molecular weight is 382 g/mol. The van der Waals surface area contributed by atoms with Gasteiger partial charge in [-0.25, -0.2) is 4.79 Å². The predicted octanol–water partition coefficient (Wildman–Crippen LogP) is 5.39. The SMILES string of the molecule is CC(C)C[C@H](NC(=O)OC(C)(C)C)N1Cc2c(cccc2-c2ccccc2)N1. The Morgan fingerprint density at radius 1 is 1.14 bits per heavy atom. The second kappa shape index (κ2) is 8.23. The monoisotopic (exact) mass is 381 g/mol. The van der Waals surface area contributed by atoms with Crippen molar-refractivity contribution in [1.29, 1.82) is 0 Å². The maximum atomic E-state index is 12.4. The molecule has 1 amide bonds. The predicted molar refractivity (Wildman–Crippen MR) is 114 cm³/mol. The first-order chi connectivity index (χ1) is 13.2. The summed E-state index contributed by atoms with van der Waals surface area (Å²) in [6.07, 6.45) is 0.269. The molecule has 0 fully saturated rings. The Morgan fingerprint density at radius 3 is 2.50 bits per heavy atom. The van der Waals surface area contributed by atoms with Crippen molar-refractivity contribution < 1.29 is 9.53 Å². The van der Waals surface area contributed by atoms with Crippen molar-refractivity contribution in [2.24, 2.45) is 5.92 Å². The Bertz CT molecular complexity index is 812. The fourth-order valence-corrected chi connectivity index (χ4v) is 3.46. The first-order valence-electron chi connectivity index (χ1n) is 9.93. The van der Waals surface area contributed by atoms with Gasteiger partial charge >= 0.3 is 6.09 Å². The first kappa shape index (κ1) is 20.2. The highest BCUT2D eigenvalue weighted by molar-refractivity contribution is 5.75. The summed E-state index contributed by atoms with van der Waals surface area (Å²) in [5.74, 6) is 0.430. The zero-order valence-corrected chi connectivity index (χ0v) is 17.5. The summed E-state index contributed by atoms with van der Waals surface area (Å²) in [5.41, 5.74) is 7.70. The van der Waals surface area contributed by atoms with Crippen LogP contribution in [0.3, 0.4) is 0 Å². The van der Waals surface area contributed by atoms with Gasteiger partial charge in [-0.05, 0) is 50.3 Å². The highest BCUT2D eigenvalue weighted by Gasteiger charge is 2.30. The maximum absolute atomic E-state index is 12.4. The second-order valence-electron chi connectivity index (χ2n) is 8.73. The highest BCUT2D eigenvalue weighted by Crippen LogP contribution is 2.35. The summed E-state index contributed by atoms with van der Waals surface area (Å²) >= 11 is 0. The lowest BCUT2D eigenvalue weighted by molar-refractivity contribution is 0.0418. The smallest absolute Gasteiger partial charge is 0.408 e. The van der Waals surface area contributed by atoms with Gasteiger partial charge < -0.3 is 15.5 Å². The summed E-state index contributed by atoms with van der Waals surface area (Å²) in [7, 11) is 0. The number of rotatable bonds is 5. The molecule has 1 atom stereocenters. The number of ether oxygens (including phenoxy) is 1.